The summed E-state index contributed by atoms with van der Waals surface area (Å²) in [5.41, 5.74) is 0. The van der Waals surface area contributed by atoms with Gasteiger partial charge in [-0.1, -0.05) is 6.07 Å². The third kappa shape index (κ3) is 2.83. The van der Waals surface area contributed by atoms with Crippen LogP contribution in [-0.2, 0) is 0 Å². The number of hydrogen-bond donors (Lipinski definition) is 1. The Morgan fingerprint density at radius 1 is 1.46 bits per heavy atom. The van der Waals surface area contributed by atoms with E-state index in [9.17, 15) is 0 Å². The fourth-order valence-corrected chi connectivity index (χ4v) is 1.30. The van der Waals surface area contributed by atoms with Crippen molar-refractivity contribution < 1.29 is 4.74 Å². The van der Waals surface area contributed by atoms with E-state index >= 15 is 0 Å². The molecule has 13 heavy (non-hydrogen) atoms. The Hall–Kier alpha value is -0.320. The third-order valence-corrected chi connectivity index (χ3v) is 2.16. The molecule has 1 saturated heterocycles. The number of hydrogen-bond acceptors (Lipinski definition) is 3. The summed E-state index contributed by atoms with van der Waals surface area (Å²) in [6.07, 6.45) is 0.298. The lowest BCUT2D eigenvalue weighted by Gasteiger charge is -2.27. The maximum absolute atomic E-state index is 5.53. The molecule has 2 rings (SSSR count). The molecule has 0 aliphatic carbocycles. The van der Waals surface area contributed by atoms with Crippen LogP contribution in [0.4, 0.5) is 0 Å². The molecule has 0 spiro atoms. The minimum atomic E-state index is 0. The zero-order valence-corrected chi connectivity index (χ0v) is 9.27. The van der Waals surface area contributed by atoms with Crippen molar-refractivity contribution in [2.75, 3.05) is 13.1 Å². The van der Waals surface area contributed by atoms with Gasteiger partial charge in [0.1, 0.15) is 10.7 Å². The Morgan fingerprint density at radius 3 is 2.77 bits per heavy atom. The lowest BCUT2D eigenvalue weighted by molar-refractivity contribution is 0.136. The highest BCUT2D eigenvalue weighted by molar-refractivity contribution is 9.10. The molecule has 1 aliphatic rings. The van der Waals surface area contributed by atoms with Crippen molar-refractivity contribution in [1.29, 1.82) is 0 Å². The number of pyridine rings is 1. The highest BCUT2D eigenvalue weighted by Gasteiger charge is 2.18. The Labute approximate surface area is 91.4 Å². The zero-order valence-electron chi connectivity index (χ0n) is 6.87. The molecule has 72 valence electrons. The number of rotatable bonds is 2. The van der Waals surface area contributed by atoms with E-state index < -0.39 is 0 Å². The molecule has 0 unspecified atom stereocenters. The Morgan fingerprint density at radius 2 is 2.23 bits per heavy atom. The van der Waals surface area contributed by atoms with Crippen LogP contribution in [0.1, 0.15) is 0 Å². The highest BCUT2D eigenvalue weighted by atomic mass is 79.9. The summed E-state index contributed by atoms with van der Waals surface area (Å²) in [5.74, 6) is 0.691. The molecule has 1 N–H and O–H groups in total. The third-order valence-electron chi connectivity index (χ3n) is 1.72. The van der Waals surface area contributed by atoms with Crippen LogP contribution < -0.4 is 10.1 Å². The normalized spacial score (nSPS) is 15.8. The van der Waals surface area contributed by atoms with E-state index in [-0.39, 0.29) is 12.4 Å². The van der Waals surface area contributed by atoms with Crippen LogP contribution in [0.3, 0.4) is 0 Å². The first-order valence-corrected chi connectivity index (χ1v) is 4.64. The van der Waals surface area contributed by atoms with Crippen LogP contribution in [0.2, 0.25) is 0 Å². The molecular weight excluding hydrogens is 255 g/mol. The van der Waals surface area contributed by atoms with Crippen molar-refractivity contribution in [2.24, 2.45) is 0 Å². The van der Waals surface area contributed by atoms with Crippen molar-refractivity contribution in [3.05, 3.63) is 22.8 Å². The molecule has 1 aromatic heterocycles. The fourth-order valence-electron chi connectivity index (χ4n) is 0.972. The van der Waals surface area contributed by atoms with Gasteiger partial charge in [-0.15, -0.1) is 12.4 Å². The molecule has 0 amide bonds. The second kappa shape index (κ2) is 4.79. The molecule has 1 aromatic rings. The topological polar surface area (TPSA) is 34.1 Å². The van der Waals surface area contributed by atoms with Crippen LogP contribution in [0.15, 0.2) is 22.8 Å². The Balaban J connectivity index is 0.000000845. The first-order valence-electron chi connectivity index (χ1n) is 3.84. The van der Waals surface area contributed by atoms with E-state index in [2.05, 4.69) is 26.2 Å². The van der Waals surface area contributed by atoms with E-state index in [0.29, 0.717) is 12.0 Å². The number of nitrogens with zero attached hydrogens (tertiary/aromatic N) is 1. The summed E-state index contributed by atoms with van der Waals surface area (Å²) in [7, 11) is 0. The summed E-state index contributed by atoms with van der Waals surface area (Å²) < 4.78 is 6.34. The largest absolute Gasteiger partial charge is 0.472 e. The Kier molecular flexibility index (Phi) is 3.96. The summed E-state index contributed by atoms with van der Waals surface area (Å²) >= 11 is 3.29. The van der Waals surface area contributed by atoms with Crippen LogP contribution in [0.5, 0.6) is 5.88 Å². The number of ether oxygens (including phenoxy) is 1. The molecule has 0 radical (unpaired) electrons. The number of halogens is 2. The zero-order chi connectivity index (χ0) is 8.39. The second-order valence-electron chi connectivity index (χ2n) is 2.70. The second-order valence-corrected chi connectivity index (χ2v) is 3.51. The van der Waals surface area contributed by atoms with Crippen LogP contribution in [-0.4, -0.2) is 24.2 Å². The molecule has 0 aromatic carbocycles. The van der Waals surface area contributed by atoms with E-state index in [1.165, 1.54) is 0 Å². The monoisotopic (exact) mass is 264 g/mol. The van der Waals surface area contributed by atoms with Gasteiger partial charge in [0.25, 0.3) is 0 Å². The molecule has 1 fully saturated rings. The minimum absolute atomic E-state index is 0. The average molecular weight is 266 g/mol. The summed E-state index contributed by atoms with van der Waals surface area (Å²) in [4.78, 5) is 4.16. The van der Waals surface area contributed by atoms with Crippen molar-refractivity contribution in [1.82, 2.24) is 10.3 Å². The lowest BCUT2D eigenvalue weighted by Crippen LogP contribution is -2.50. The first kappa shape index (κ1) is 10.8. The quantitative estimate of drug-likeness (QED) is 0.825. The molecule has 5 heteroatoms. The van der Waals surface area contributed by atoms with E-state index in [0.717, 1.165) is 17.7 Å². The molecular formula is C8H10BrClN2O. The summed E-state index contributed by atoms with van der Waals surface area (Å²) in [5, 5.41) is 3.13. The van der Waals surface area contributed by atoms with Crippen molar-refractivity contribution >= 4 is 28.3 Å². The van der Waals surface area contributed by atoms with Gasteiger partial charge < -0.3 is 10.1 Å². The predicted octanol–water partition coefficient (Wildman–Crippen LogP) is 1.62. The maximum Gasteiger partial charge on any atom is 0.214 e. The Bertz CT molecular complexity index is 281. The van der Waals surface area contributed by atoms with Gasteiger partial charge in [-0.2, -0.15) is 0 Å². The summed E-state index contributed by atoms with van der Waals surface area (Å²) in [6, 6.07) is 5.66. The molecule has 0 bridgehead atoms. The molecule has 3 nitrogen and oxygen atoms in total. The predicted molar refractivity (Wildman–Crippen MR) is 56.5 cm³/mol. The van der Waals surface area contributed by atoms with Gasteiger partial charge in [0.15, 0.2) is 0 Å². The van der Waals surface area contributed by atoms with E-state index in [1.807, 2.05) is 18.2 Å². The van der Waals surface area contributed by atoms with E-state index in [4.69, 9.17) is 4.74 Å². The average Bonchev–Trinajstić information content (AvgIpc) is 1.97. The summed E-state index contributed by atoms with van der Waals surface area (Å²) in [6.45, 7) is 1.85. The fraction of sp³-hybridized carbons (Fsp3) is 0.375. The lowest BCUT2D eigenvalue weighted by atomic mass is 10.2. The molecule has 2 heterocycles. The molecule has 0 saturated carbocycles. The standard InChI is InChI=1S/C8H9BrN2O.ClH/c9-7-2-1-3-8(11-7)12-6-4-10-5-6;/h1-3,6,10H,4-5H2;1H. The first-order chi connectivity index (χ1) is 5.84. The van der Waals surface area contributed by atoms with Crippen LogP contribution in [0.25, 0.3) is 0 Å². The van der Waals surface area contributed by atoms with Gasteiger partial charge in [0, 0.05) is 19.2 Å². The van der Waals surface area contributed by atoms with Crippen LogP contribution >= 0.6 is 28.3 Å². The van der Waals surface area contributed by atoms with Gasteiger partial charge in [-0.25, -0.2) is 4.98 Å². The SMILES string of the molecule is Brc1cccc(OC2CNC2)n1.Cl. The molecule has 0 atom stereocenters. The smallest absolute Gasteiger partial charge is 0.214 e. The van der Waals surface area contributed by atoms with Crippen molar-refractivity contribution in [3.8, 4) is 5.88 Å². The molecule has 1 aliphatic heterocycles. The highest BCUT2D eigenvalue weighted by Crippen LogP contribution is 2.14. The van der Waals surface area contributed by atoms with Gasteiger partial charge in [-0.05, 0) is 22.0 Å². The number of nitrogens with one attached hydrogen (secondary N) is 1. The van der Waals surface area contributed by atoms with E-state index in [1.54, 1.807) is 0 Å². The van der Waals surface area contributed by atoms with Gasteiger partial charge in [-0.3, -0.25) is 0 Å². The number of aromatic nitrogens is 1. The minimum Gasteiger partial charge on any atom is -0.472 e. The van der Waals surface area contributed by atoms with Crippen LogP contribution in [0, 0.1) is 0 Å². The maximum atomic E-state index is 5.53. The van der Waals surface area contributed by atoms with Crippen molar-refractivity contribution in [3.63, 3.8) is 0 Å². The van der Waals surface area contributed by atoms with Crippen molar-refractivity contribution in [2.45, 2.75) is 6.10 Å². The van der Waals surface area contributed by atoms with Gasteiger partial charge in [0.2, 0.25) is 5.88 Å². The van der Waals surface area contributed by atoms with Gasteiger partial charge >= 0.3 is 0 Å². The van der Waals surface area contributed by atoms with Gasteiger partial charge in [0.05, 0.1) is 0 Å².